The van der Waals surface area contributed by atoms with E-state index in [0.717, 1.165) is 66.4 Å². The smallest absolute Gasteiger partial charge is 0.385 e. The van der Waals surface area contributed by atoms with Gasteiger partial charge in [0.15, 0.2) is 0 Å². The Labute approximate surface area is 274 Å². The quantitative estimate of drug-likeness (QED) is 0.144. The Morgan fingerprint density at radius 1 is 0.682 bits per heavy atom. The SMILES string of the molecule is O=c1[nH]c2ccc(Br)cc2s1.O=c1[nH]c2ccc(C3(O)CCCCC3)cc2s1.O=c1[nH]c2ccc(C3=CCCCC3)cc2s1.[H+]. The van der Waals surface area contributed by atoms with E-state index in [1.807, 2.05) is 42.5 Å². The van der Waals surface area contributed by atoms with Crippen molar-refractivity contribution in [2.45, 2.75) is 63.4 Å². The molecule has 0 radical (unpaired) electrons. The van der Waals surface area contributed by atoms with Gasteiger partial charge in [0, 0.05) is 4.47 Å². The molecule has 44 heavy (non-hydrogen) atoms. The molecular weight excluding hydrogens is 678 g/mol. The van der Waals surface area contributed by atoms with Crippen LogP contribution >= 0.6 is 49.9 Å². The van der Waals surface area contributed by atoms with Crippen molar-refractivity contribution in [2.24, 2.45) is 0 Å². The fourth-order valence-corrected chi connectivity index (χ4v) is 8.66. The van der Waals surface area contributed by atoms with E-state index in [9.17, 15) is 19.5 Å². The Morgan fingerprint density at radius 2 is 1.25 bits per heavy atom. The van der Waals surface area contributed by atoms with Gasteiger partial charge in [0.1, 0.15) is 0 Å². The molecule has 1 saturated carbocycles. The highest BCUT2D eigenvalue weighted by Crippen LogP contribution is 2.38. The van der Waals surface area contributed by atoms with Crippen LogP contribution in [0.5, 0.6) is 0 Å². The number of aliphatic hydroxyl groups is 1. The van der Waals surface area contributed by atoms with Crippen LogP contribution in [-0.4, -0.2) is 20.1 Å². The standard InChI is InChI=1S/C13H15NO2S.C13H13NOS.C7H4BrNOS/c15-12-14-10-5-4-9(8-11(10)17-12)13(16)6-2-1-3-7-13;15-13-14-11-7-6-10(8-12(11)16-13)9-4-2-1-3-5-9;8-4-1-2-5-6(3-4)11-7(10)9-5/h4-5,8,16H,1-3,6-7H2,(H,14,15);4,6-8H,1-3,5H2,(H,14,15);1-3H,(H,9,10)/p+1. The zero-order chi connectivity index (χ0) is 30.7. The Balaban J connectivity index is 0.000000135. The second-order valence-electron chi connectivity index (χ2n) is 11.2. The van der Waals surface area contributed by atoms with Gasteiger partial charge in [-0.3, -0.25) is 14.4 Å². The zero-order valence-electron chi connectivity index (χ0n) is 24.9. The summed E-state index contributed by atoms with van der Waals surface area (Å²) in [5.74, 6) is 0. The van der Waals surface area contributed by atoms with Gasteiger partial charge in [-0.05, 0) is 97.7 Å². The van der Waals surface area contributed by atoms with Gasteiger partial charge in [0.2, 0.25) is 0 Å². The van der Waals surface area contributed by atoms with Gasteiger partial charge in [-0.25, -0.2) is 0 Å². The Kier molecular flexibility index (Phi) is 9.48. The summed E-state index contributed by atoms with van der Waals surface area (Å²) < 4.78 is 3.99. The lowest BCUT2D eigenvalue weighted by molar-refractivity contribution is -0.000498. The van der Waals surface area contributed by atoms with Crippen LogP contribution in [0.1, 0.15) is 70.3 Å². The maximum atomic E-state index is 11.3. The number of benzene rings is 3. The summed E-state index contributed by atoms with van der Waals surface area (Å²) in [4.78, 5) is 41.7. The molecule has 6 aromatic rings. The van der Waals surface area contributed by atoms with Crippen LogP contribution in [0.3, 0.4) is 0 Å². The fraction of sp³-hybridized carbons (Fsp3) is 0.303. The van der Waals surface area contributed by atoms with E-state index in [0.29, 0.717) is 0 Å². The monoisotopic (exact) mass is 710 g/mol. The maximum absolute atomic E-state index is 11.3. The Morgan fingerprint density at radius 3 is 1.86 bits per heavy atom. The molecule has 7 nitrogen and oxygen atoms in total. The van der Waals surface area contributed by atoms with Gasteiger partial charge in [-0.2, -0.15) is 0 Å². The Hall–Kier alpha value is -3.09. The number of halogens is 1. The summed E-state index contributed by atoms with van der Waals surface area (Å²) >= 11 is 7.06. The molecule has 0 bridgehead atoms. The van der Waals surface area contributed by atoms with Crippen LogP contribution in [-0.2, 0) is 5.60 Å². The van der Waals surface area contributed by atoms with Gasteiger partial charge in [0.25, 0.3) is 0 Å². The second kappa shape index (κ2) is 13.5. The highest BCUT2D eigenvalue weighted by molar-refractivity contribution is 9.10. The first kappa shape index (κ1) is 30.9. The predicted molar refractivity (Wildman–Crippen MR) is 190 cm³/mol. The third kappa shape index (κ3) is 7.24. The molecule has 0 unspecified atom stereocenters. The molecule has 3 aromatic carbocycles. The minimum atomic E-state index is -0.681. The first-order valence-corrected chi connectivity index (χ1v) is 18.0. The van der Waals surface area contributed by atoms with Gasteiger partial charge >= 0.3 is 16.0 Å². The van der Waals surface area contributed by atoms with Crippen LogP contribution in [0.15, 0.2) is 79.5 Å². The summed E-state index contributed by atoms with van der Waals surface area (Å²) in [6.07, 6.45) is 12.3. The van der Waals surface area contributed by atoms with Crippen molar-refractivity contribution in [1.82, 2.24) is 15.0 Å². The number of aromatic nitrogens is 3. The molecule has 3 aromatic heterocycles. The topological polar surface area (TPSA) is 119 Å². The molecule has 2 aliphatic carbocycles. The lowest BCUT2D eigenvalue weighted by Crippen LogP contribution is -2.28. The summed E-state index contributed by atoms with van der Waals surface area (Å²) in [5.41, 5.74) is 5.72. The highest BCUT2D eigenvalue weighted by atomic mass is 79.9. The molecule has 11 heteroatoms. The van der Waals surface area contributed by atoms with Crippen molar-refractivity contribution in [3.05, 3.63) is 105 Å². The van der Waals surface area contributed by atoms with Crippen molar-refractivity contribution in [3.8, 4) is 0 Å². The van der Waals surface area contributed by atoms with Crippen LogP contribution in [0.25, 0.3) is 36.2 Å². The maximum Gasteiger partial charge on any atom is 1.00 e. The van der Waals surface area contributed by atoms with Crippen molar-refractivity contribution in [3.63, 3.8) is 0 Å². The zero-order valence-corrected chi connectivity index (χ0v) is 27.9. The molecule has 2 aliphatic rings. The van der Waals surface area contributed by atoms with E-state index in [2.05, 4.69) is 49.1 Å². The number of H-pyrrole nitrogens is 3. The summed E-state index contributed by atoms with van der Waals surface area (Å²) in [6.45, 7) is 0. The number of hydrogen-bond donors (Lipinski definition) is 4. The minimum absolute atomic E-state index is 0. The van der Waals surface area contributed by atoms with E-state index >= 15 is 0 Å². The number of thiazole rings is 3. The first-order valence-electron chi connectivity index (χ1n) is 14.7. The summed E-state index contributed by atoms with van der Waals surface area (Å²) in [5, 5.41) is 10.6. The first-order chi connectivity index (χ1) is 21.3. The van der Waals surface area contributed by atoms with Crippen molar-refractivity contribution >= 4 is 86.2 Å². The van der Waals surface area contributed by atoms with Crippen LogP contribution in [0, 0.1) is 0 Å². The molecule has 0 saturated heterocycles. The number of nitrogens with one attached hydrogen (secondary N) is 3. The average molecular weight is 712 g/mol. The van der Waals surface area contributed by atoms with Crippen molar-refractivity contribution in [1.29, 1.82) is 0 Å². The fourth-order valence-electron chi connectivity index (χ4n) is 5.82. The number of hydrogen-bond acceptors (Lipinski definition) is 7. The van der Waals surface area contributed by atoms with Gasteiger partial charge in [-0.1, -0.05) is 87.4 Å². The molecular formula is C33H33BrN3O4S3+. The van der Waals surface area contributed by atoms with E-state index in [1.54, 1.807) is 0 Å². The molecule has 0 spiro atoms. The highest BCUT2D eigenvalue weighted by Gasteiger charge is 2.31. The average Bonchev–Trinajstić information content (AvgIpc) is 3.71. The van der Waals surface area contributed by atoms with Gasteiger partial charge in [-0.15, -0.1) is 0 Å². The van der Waals surface area contributed by atoms with Crippen LogP contribution < -0.4 is 14.6 Å². The van der Waals surface area contributed by atoms with Gasteiger partial charge in [0.05, 0.1) is 36.3 Å². The van der Waals surface area contributed by atoms with E-state index in [1.165, 1.54) is 77.3 Å². The lowest BCUT2D eigenvalue weighted by atomic mass is 9.80. The van der Waals surface area contributed by atoms with Crippen LogP contribution in [0.4, 0.5) is 0 Å². The summed E-state index contributed by atoms with van der Waals surface area (Å²) in [7, 11) is 0. The number of aromatic amines is 3. The normalized spacial score (nSPS) is 16.2. The number of fused-ring (bicyclic) bond motifs is 3. The molecule has 4 N–H and O–H groups in total. The van der Waals surface area contributed by atoms with Crippen molar-refractivity contribution < 1.29 is 6.53 Å². The number of rotatable bonds is 2. The molecule has 0 amide bonds. The van der Waals surface area contributed by atoms with E-state index in [4.69, 9.17) is 0 Å². The predicted octanol–water partition coefficient (Wildman–Crippen LogP) is 8.75. The van der Waals surface area contributed by atoms with Gasteiger partial charge < -0.3 is 20.1 Å². The molecule has 0 atom stereocenters. The van der Waals surface area contributed by atoms with Crippen molar-refractivity contribution in [2.75, 3.05) is 0 Å². The van der Waals surface area contributed by atoms with E-state index in [-0.39, 0.29) is 16.0 Å². The third-order valence-electron chi connectivity index (χ3n) is 8.10. The Bertz CT molecular complexity index is 2130. The molecule has 1 fully saturated rings. The van der Waals surface area contributed by atoms with E-state index < -0.39 is 5.60 Å². The molecule has 8 rings (SSSR count). The second-order valence-corrected chi connectivity index (χ2v) is 15.1. The lowest BCUT2D eigenvalue weighted by Gasteiger charge is -2.32. The number of allylic oxidation sites excluding steroid dienone is 2. The molecule has 3 heterocycles. The third-order valence-corrected chi connectivity index (χ3v) is 11.1. The minimum Gasteiger partial charge on any atom is -0.385 e. The van der Waals surface area contributed by atoms with Crippen LogP contribution in [0.2, 0.25) is 0 Å². The summed E-state index contributed by atoms with van der Waals surface area (Å²) in [6, 6.07) is 17.8. The molecule has 0 aliphatic heterocycles. The molecule has 228 valence electrons. The largest absolute Gasteiger partial charge is 1.00 e.